The molecule has 0 unspecified atom stereocenters. The summed E-state index contributed by atoms with van der Waals surface area (Å²) in [5.74, 6) is 0. The van der Waals surface area contributed by atoms with E-state index in [2.05, 4.69) is 15.2 Å². The molecular formula is C9H10N4. The summed E-state index contributed by atoms with van der Waals surface area (Å²) in [5.41, 5.74) is 9.34. The van der Waals surface area contributed by atoms with E-state index in [9.17, 15) is 0 Å². The molecule has 0 aromatic carbocycles. The van der Waals surface area contributed by atoms with E-state index in [1.54, 1.807) is 18.6 Å². The molecule has 0 saturated heterocycles. The molecule has 4 heteroatoms. The van der Waals surface area contributed by atoms with Gasteiger partial charge in [0.25, 0.3) is 0 Å². The standard InChI is InChI=1S/C9H10N4/c1-6-2-3-11-4-7(6)9-8(10)5-12-13-9/h2-5H,10H2,1H3,(H,12,13). The van der Waals surface area contributed by atoms with Crippen molar-refractivity contribution in [3.8, 4) is 11.3 Å². The molecule has 0 aliphatic carbocycles. The Morgan fingerprint density at radius 3 is 2.85 bits per heavy atom. The molecule has 13 heavy (non-hydrogen) atoms. The van der Waals surface area contributed by atoms with E-state index in [1.807, 2.05) is 13.0 Å². The number of nitrogens with two attached hydrogens (primary N) is 1. The molecule has 2 rings (SSSR count). The third kappa shape index (κ3) is 1.26. The van der Waals surface area contributed by atoms with E-state index < -0.39 is 0 Å². The molecule has 0 saturated carbocycles. The van der Waals surface area contributed by atoms with Gasteiger partial charge >= 0.3 is 0 Å². The topological polar surface area (TPSA) is 67.6 Å². The minimum absolute atomic E-state index is 0.649. The van der Waals surface area contributed by atoms with Crippen molar-refractivity contribution >= 4 is 5.69 Å². The van der Waals surface area contributed by atoms with Gasteiger partial charge in [0, 0.05) is 18.0 Å². The van der Waals surface area contributed by atoms with Crippen LogP contribution < -0.4 is 5.73 Å². The summed E-state index contributed by atoms with van der Waals surface area (Å²) < 4.78 is 0. The van der Waals surface area contributed by atoms with Crippen LogP contribution in [-0.2, 0) is 0 Å². The van der Waals surface area contributed by atoms with Crippen molar-refractivity contribution in [1.82, 2.24) is 15.2 Å². The molecule has 0 radical (unpaired) electrons. The maximum atomic E-state index is 5.72. The van der Waals surface area contributed by atoms with E-state index in [0.717, 1.165) is 16.8 Å². The molecule has 3 N–H and O–H groups in total. The molecule has 0 aliphatic heterocycles. The number of anilines is 1. The monoisotopic (exact) mass is 174 g/mol. The number of hydrogen-bond donors (Lipinski definition) is 2. The van der Waals surface area contributed by atoms with Crippen LogP contribution in [0.2, 0.25) is 0 Å². The number of H-pyrrole nitrogens is 1. The number of pyridine rings is 1. The molecule has 2 aromatic rings. The van der Waals surface area contributed by atoms with Gasteiger partial charge in [-0.25, -0.2) is 0 Å². The SMILES string of the molecule is Cc1ccncc1-c1[nH]ncc1N. The highest BCUT2D eigenvalue weighted by atomic mass is 15.1. The zero-order valence-electron chi connectivity index (χ0n) is 7.28. The number of hydrogen-bond acceptors (Lipinski definition) is 3. The summed E-state index contributed by atoms with van der Waals surface area (Å²) in [6.45, 7) is 2.01. The molecule has 0 spiro atoms. The first-order valence-corrected chi connectivity index (χ1v) is 3.99. The fourth-order valence-electron chi connectivity index (χ4n) is 1.24. The van der Waals surface area contributed by atoms with E-state index in [4.69, 9.17) is 5.73 Å². The number of nitrogen functional groups attached to an aromatic ring is 1. The van der Waals surface area contributed by atoms with Gasteiger partial charge in [-0.15, -0.1) is 0 Å². The zero-order chi connectivity index (χ0) is 9.26. The zero-order valence-corrected chi connectivity index (χ0v) is 7.28. The number of aromatic amines is 1. The van der Waals surface area contributed by atoms with Gasteiger partial charge in [-0.05, 0) is 18.6 Å². The van der Waals surface area contributed by atoms with Crippen LogP contribution in [0.5, 0.6) is 0 Å². The highest BCUT2D eigenvalue weighted by Crippen LogP contribution is 2.24. The second-order valence-corrected chi connectivity index (χ2v) is 2.89. The molecule has 0 atom stereocenters. The molecule has 66 valence electrons. The van der Waals surface area contributed by atoms with Crippen molar-refractivity contribution in [3.05, 3.63) is 30.2 Å². The van der Waals surface area contributed by atoms with Crippen LogP contribution in [0.15, 0.2) is 24.7 Å². The van der Waals surface area contributed by atoms with Crippen LogP contribution >= 0.6 is 0 Å². The van der Waals surface area contributed by atoms with Gasteiger partial charge in [0.1, 0.15) is 0 Å². The summed E-state index contributed by atoms with van der Waals surface area (Å²) in [4.78, 5) is 4.04. The van der Waals surface area contributed by atoms with Crippen molar-refractivity contribution in [2.24, 2.45) is 0 Å². The fraction of sp³-hybridized carbons (Fsp3) is 0.111. The number of aryl methyl sites for hydroxylation is 1. The molecular weight excluding hydrogens is 164 g/mol. The van der Waals surface area contributed by atoms with E-state index in [-0.39, 0.29) is 0 Å². The second kappa shape index (κ2) is 2.90. The molecule has 0 aliphatic rings. The number of aromatic nitrogens is 3. The summed E-state index contributed by atoms with van der Waals surface area (Å²) in [5, 5.41) is 6.71. The maximum Gasteiger partial charge on any atom is 0.0898 e. The summed E-state index contributed by atoms with van der Waals surface area (Å²) in [6.07, 6.45) is 5.13. The molecule has 0 fully saturated rings. The average molecular weight is 174 g/mol. The van der Waals surface area contributed by atoms with Gasteiger partial charge in [-0.2, -0.15) is 5.10 Å². The smallest absolute Gasteiger partial charge is 0.0898 e. The van der Waals surface area contributed by atoms with E-state index in [0.29, 0.717) is 5.69 Å². The number of rotatable bonds is 1. The van der Waals surface area contributed by atoms with Gasteiger partial charge in [0.05, 0.1) is 17.6 Å². The van der Waals surface area contributed by atoms with Gasteiger partial charge in [-0.1, -0.05) is 0 Å². The molecule has 0 bridgehead atoms. The maximum absolute atomic E-state index is 5.72. The highest BCUT2D eigenvalue weighted by Gasteiger charge is 2.06. The predicted octanol–water partition coefficient (Wildman–Crippen LogP) is 1.36. The molecule has 0 amide bonds. The lowest BCUT2D eigenvalue weighted by molar-refractivity contribution is 1.09. The van der Waals surface area contributed by atoms with Crippen molar-refractivity contribution < 1.29 is 0 Å². The van der Waals surface area contributed by atoms with Crippen LogP contribution in [0, 0.1) is 6.92 Å². The minimum atomic E-state index is 0.649. The fourth-order valence-corrected chi connectivity index (χ4v) is 1.24. The van der Waals surface area contributed by atoms with E-state index >= 15 is 0 Å². The van der Waals surface area contributed by atoms with Crippen molar-refractivity contribution in [3.63, 3.8) is 0 Å². The summed E-state index contributed by atoms with van der Waals surface area (Å²) >= 11 is 0. The van der Waals surface area contributed by atoms with Crippen molar-refractivity contribution in [2.45, 2.75) is 6.92 Å². The first-order chi connectivity index (χ1) is 6.29. The first-order valence-electron chi connectivity index (χ1n) is 3.99. The third-order valence-electron chi connectivity index (χ3n) is 1.98. The molecule has 2 aromatic heterocycles. The molecule has 4 nitrogen and oxygen atoms in total. The van der Waals surface area contributed by atoms with E-state index in [1.165, 1.54) is 0 Å². The lowest BCUT2D eigenvalue weighted by atomic mass is 10.1. The van der Waals surface area contributed by atoms with Crippen LogP contribution in [0.25, 0.3) is 11.3 Å². The summed E-state index contributed by atoms with van der Waals surface area (Å²) in [6, 6.07) is 1.94. The highest BCUT2D eigenvalue weighted by molar-refractivity contribution is 5.73. The number of nitrogens with zero attached hydrogens (tertiary/aromatic N) is 2. The Hall–Kier alpha value is -1.84. The Kier molecular flexibility index (Phi) is 1.73. The lowest BCUT2D eigenvalue weighted by Crippen LogP contribution is -1.89. The Morgan fingerprint density at radius 2 is 2.23 bits per heavy atom. The van der Waals surface area contributed by atoms with Gasteiger partial charge < -0.3 is 5.73 Å². The van der Waals surface area contributed by atoms with Crippen LogP contribution in [0.1, 0.15) is 5.56 Å². The van der Waals surface area contributed by atoms with Crippen LogP contribution in [-0.4, -0.2) is 15.2 Å². The normalized spacial score (nSPS) is 10.2. The molecule has 2 heterocycles. The second-order valence-electron chi connectivity index (χ2n) is 2.89. The average Bonchev–Trinajstić information content (AvgIpc) is 2.52. The minimum Gasteiger partial charge on any atom is -0.396 e. The summed E-state index contributed by atoms with van der Waals surface area (Å²) in [7, 11) is 0. The van der Waals surface area contributed by atoms with Crippen LogP contribution in [0.4, 0.5) is 5.69 Å². The number of nitrogens with one attached hydrogen (secondary N) is 1. The Morgan fingerprint density at radius 1 is 1.38 bits per heavy atom. The quantitative estimate of drug-likeness (QED) is 0.686. The van der Waals surface area contributed by atoms with Crippen molar-refractivity contribution in [2.75, 3.05) is 5.73 Å². The third-order valence-corrected chi connectivity index (χ3v) is 1.98. The predicted molar refractivity (Wildman–Crippen MR) is 51.0 cm³/mol. The van der Waals surface area contributed by atoms with Crippen LogP contribution in [0.3, 0.4) is 0 Å². The first kappa shape index (κ1) is 7.79. The Bertz CT molecular complexity index is 419. The lowest BCUT2D eigenvalue weighted by Gasteiger charge is -2.01. The van der Waals surface area contributed by atoms with Gasteiger partial charge in [-0.3, -0.25) is 10.1 Å². The van der Waals surface area contributed by atoms with Gasteiger partial charge in [0.2, 0.25) is 0 Å². The Balaban J connectivity index is 2.59. The largest absolute Gasteiger partial charge is 0.396 e. The van der Waals surface area contributed by atoms with Crippen molar-refractivity contribution in [1.29, 1.82) is 0 Å². The Labute approximate surface area is 75.8 Å². The van der Waals surface area contributed by atoms with Gasteiger partial charge in [0.15, 0.2) is 0 Å².